The summed E-state index contributed by atoms with van der Waals surface area (Å²) < 4.78 is 18.8. The Morgan fingerprint density at radius 1 is 1.05 bits per heavy atom. The quantitative estimate of drug-likeness (QED) is 0.721. The SMILES string of the molecule is Cc1cc(C)c2c(c1)-c1cc(Br)c(C)cc1P(=O)(O)O2. The van der Waals surface area contributed by atoms with Crippen LogP contribution in [0.25, 0.3) is 11.1 Å². The molecule has 0 saturated carbocycles. The van der Waals surface area contributed by atoms with E-state index in [1.54, 1.807) is 6.07 Å². The van der Waals surface area contributed by atoms with E-state index in [1.165, 1.54) is 0 Å². The summed E-state index contributed by atoms with van der Waals surface area (Å²) in [5.74, 6) is 0.504. The smallest absolute Gasteiger partial charge is 0.408 e. The van der Waals surface area contributed by atoms with Crippen LogP contribution in [0, 0.1) is 20.8 Å². The van der Waals surface area contributed by atoms with Crippen molar-refractivity contribution in [2.24, 2.45) is 0 Å². The maximum absolute atomic E-state index is 12.4. The Morgan fingerprint density at radius 2 is 1.75 bits per heavy atom. The number of halogens is 1. The molecule has 3 nitrogen and oxygen atoms in total. The second-order valence-corrected chi connectivity index (χ2v) is 7.75. The molecule has 1 N–H and O–H groups in total. The molecule has 0 amide bonds. The minimum Gasteiger partial charge on any atom is -0.420 e. The lowest BCUT2D eigenvalue weighted by Gasteiger charge is -2.27. The lowest BCUT2D eigenvalue weighted by molar-refractivity contribution is 0.391. The van der Waals surface area contributed by atoms with E-state index in [-0.39, 0.29) is 0 Å². The topological polar surface area (TPSA) is 46.5 Å². The Bertz CT molecular complexity index is 783. The van der Waals surface area contributed by atoms with E-state index < -0.39 is 7.60 Å². The first-order valence-corrected chi connectivity index (χ1v) is 8.61. The second-order valence-electron chi connectivity index (χ2n) is 5.19. The van der Waals surface area contributed by atoms with Crippen LogP contribution in [0.2, 0.25) is 0 Å². The zero-order valence-corrected chi connectivity index (χ0v) is 13.9. The van der Waals surface area contributed by atoms with Crippen LogP contribution in [0.15, 0.2) is 28.7 Å². The van der Waals surface area contributed by atoms with Crippen molar-refractivity contribution in [3.63, 3.8) is 0 Å². The monoisotopic (exact) mass is 352 g/mol. The molecule has 104 valence electrons. The highest BCUT2D eigenvalue weighted by Crippen LogP contribution is 2.53. The van der Waals surface area contributed by atoms with E-state index in [2.05, 4.69) is 15.9 Å². The Morgan fingerprint density at radius 3 is 2.45 bits per heavy atom. The van der Waals surface area contributed by atoms with Gasteiger partial charge in [-0.3, -0.25) is 0 Å². The normalized spacial score (nSPS) is 20.1. The largest absolute Gasteiger partial charge is 0.420 e. The second kappa shape index (κ2) is 4.45. The Hall–Kier alpha value is -1.09. The number of rotatable bonds is 0. The molecule has 0 radical (unpaired) electrons. The highest BCUT2D eigenvalue weighted by molar-refractivity contribution is 9.10. The Kier molecular flexibility index (Phi) is 3.09. The van der Waals surface area contributed by atoms with Gasteiger partial charge in [0.15, 0.2) is 0 Å². The van der Waals surface area contributed by atoms with Crippen LogP contribution >= 0.6 is 23.5 Å². The molecule has 0 saturated heterocycles. The van der Waals surface area contributed by atoms with Crippen molar-refractivity contribution in [2.75, 3.05) is 0 Å². The molecule has 1 aliphatic heterocycles. The first-order valence-electron chi connectivity index (χ1n) is 6.24. The van der Waals surface area contributed by atoms with E-state index in [0.29, 0.717) is 11.1 Å². The van der Waals surface area contributed by atoms with Gasteiger partial charge in [0.1, 0.15) is 5.75 Å². The predicted octanol–water partition coefficient (Wildman–Crippen LogP) is 4.24. The van der Waals surface area contributed by atoms with Crippen molar-refractivity contribution in [3.05, 3.63) is 45.4 Å². The summed E-state index contributed by atoms with van der Waals surface area (Å²) in [6, 6.07) is 7.56. The molecule has 20 heavy (non-hydrogen) atoms. The molecule has 0 aliphatic carbocycles. The Balaban J connectivity index is 2.42. The van der Waals surface area contributed by atoms with E-state index in [9.17, 15) is 9.46 Å². The van der Waals surface area contributed by atoms with Crippen LogP contribution in [0.5, 0.6) is 5.75 Å². The van der Waals surface area contributed by atoms with Gasteiger partial charge in [0.2, 0.25) is 0 Å². The van der Waals surface area contributed by atoms with Gasteiger partial charge in [-0.2, -0.15) is 0 Å². The van der Waals surface area contributed by atoms with E-state index in [1.807, 2.05) is 39.0 Å². The highest BCUT2D eigenvalue weighted by atomic mass is 79.9. The molecule has 1 heterocycles. The summed E-state index contributed by atoms with van der Waals surface area (Å²) >= 11 is 3.49. The minimum absolute atomic E-state index is 0.371. The van der Waals surface area contributed by atoms with E-state index in [4.69, 9.17) is 4.52 Å². The summed E-state index contributed by atoms with van der Waals surface area (Å²) in [6.07, 6.45) is 0. The molecule has 5 heteroatoms. The van der Waals surface area contributed by atoms with Crippen molar-refractivity contribution in [1.29, 1.82) is 0 Å². The molecule has 2 aromatic carbocycles. The van der Waals surface area contributed by atoms with E-state index >= 15 is 0 Å². The average Bonchev–Trinajstić information content (AvgIpc) is 2.34. The molecular weight excluding hydrogens is 339 g/mol. The molecule has 0 aromatic heterocycles. The molecule has 0 fully saturated rings. The van der Waals surface area contributed by atoms with Crippen LogP contribution in [0.3, 0.4) is 0 Å². The summed E-state index contributed by atoms with van der Waals surface area (Å²) in [4.78, 5) is 10.2. The van der Waals surface area contributed by atoms with Crippen molar-refractivity contribution < 1.29 is 14.0 Å². The average molecular weight is 353 g/mol. The number of hydrogen-bond acceptors (Lipinski definition) is 2. The van der Waals surface area contributed by atoms with Crippen LogP contribution in [-0.2, 0) is 4.57 Å². The van der Waals surface area contributed by atoms with Crippen LogP contribution in [-0.4, -0.2) is 4.89 Å². The van der Waals surface area contributed by atoms with Crippen molar-refractivity contribution in [3.8, 4) is 16.9 Å². The zero-order valence-electron chi connectivity index (χ0n) is 11.4. The number of benzene rings is 2. The highest BCUT2D eigenvalue weighted by Gasteiger charge is 2.35. The molecule has 1 aliphatic rings. The standard InChI is InChI=1S/C15H14BrO3P/c1-8-4-10(3)15-12(5-8)11-7-13(16)9(2)6-14(11)20(17,18)19-15/h4-7H,1-3H3,(H,17,18). The number of aryl methyl sites for hydroxylation is 3. The summed E-state index contributed by atoms with van der Waals surface area (Å²) in [7, 11) is -3.82. The van der Waals surface area contributed by atoms with E-state index in [0.717, 1.165) is 32.3 Å². The summed E-state index contributed by atoms with van der Waals surface area (Å²) in [5, 5.41) is 0.371. The first-order chi connectivity index (χ1) is 9.29. The molecule has 1 atom stereocenters. The molecule has 0 spiro atoms. The fourth-order valence-electron chi connectivity index (χ4n) is 2.56. The number of fused-ring (bicyclic) bond motifs is 3. The van der Waals surface area contributed by atoms with Gasteiger partial charge in [0, 0.05) is 15.6 Å². The van der Waals surface area contributed by atoms with Crippen molar-refractivity contribution in [2.45, 2.75) is 20.8 Å². The van der Waals surface area contributed by atoms with Crippen molar-refractivity contribution >= 4 is 28.8 Å². The molecule has 3 rings (SSSR count). The molecular formula is C15H14BrO3P. The third-order valence-electron chi connectivity index (χ3n) is 3.51. The van der Waals surface area contributed by atoms with Gasteiger partial charge in [-0.15, -0.1) is 0 Å². The lowest BCUT2D eigenvalue weighted by Crippen LogP contribution is -2.18. The predicted molar refractivity (Wildman–Crippen MR) is 83.9 cm³/mol. The third kappa shape index (κ3) is 2.03. The molecule has 2 aromatic rings. The summed E-state index contributed by atoms with van der Waals surface area (Å²) in [5.41, 5.74) is 4.52. The third-order valence-corrected chi connectivity index (χ3v) is 5.77. The van der Waals surface area contributed by atoms with Gasteiger partial charge in [0.05, 0.1) is 5.30 Å². The van der Waals surface area contributed by atoms with Gasteiger partial charge >= 0.3 is 7.60 Å². The van der Waals surface area contributed by atoms with Crippen LogP contribution in [0.1, 0.15) is 16.7 Å². The summed E-state index contributed by atoms with van der Waals surface area (Å²) in [6.45, 7) is 5.78. The van der Waals surface area contributed by atoms with Crippen molar-refractivity contribution in [1.82, 2.24) is 0 Å². The van der Waals surface area contributed by atoms with Crippen LogP contribution < -0.4 is 9.83 Å². The van der Waals surface area contributed by atoms with Gasteiger partial charge in [-0.1, -0.05) is 22.0 Å². The van der Waals surface area contributed by atoms with Gasteiger partial charge in [0.25, 0.3) is 0 Å². The maximum Gasteiger partial charge on any atom is 0.408 e. The zero-order chi connectivity index (χ0) is 14.7. The molecule has 0 bridgehead atoms. The Labute approximate surface area is 126 Å². The minimum atomic E-state index is -3.82. The number of hydrogen-bond donors (Lipinski definition) is 1. The van der Waals surface area contributed by atoms with Crippen LogP contribution in [0.4, 0.5) is 0 Å². The fraction of sp³-hybridized carbons (Fsp3) is 0.200. The van der Waals surface area contributed by atoms with Gasteiger partial charge < -0.3 is 9.42 Å². The molecule has 1 unspecified atom stereocenters. The first kappa shape index (κ1) is 13.9. The van der Waals surface area contributed by atoms with Gasteiger partial charge in [-0.05, 0) is 55.7 Å². The fourth-order valence-corrected chi connectivity index (χ4v) is 4.34. The lowest BCUT2D eigenvalue weighted by atomic mass is 9.98. The maximum atomic E-state index is 12.4. The van der Waals surface area contributed by atoms with Gasteiger partial charge in [-0.25, -0.2) is 4.57 Å².